The van der Waals surface area contributed by atoms with Gasteiger partial charge in [-0.05, 0) is 53.6 Å². The van der Waals surface area contributed by atoms with Gasteiger partial charge in [-0.1, -0.05) is 13.0 Å². The molecule has 0 saturated carbocycles. The van der Waals surface area contributed by atoms with E-state index >= 15 is 0 Å². The van der Waals surface area contributed by atoms with Crippen molar-refractivity contribution >= 4 is 23.3 Å². The fourth-order valence-electron chi connectivity index (χ4n) is 3.15. The average Bonchev–Trinajstić information content (AvgIpc) is 3.07. The highest BCUT2D eigenvalue weighted by Gasteiger charge is 2.29. The number of thiophene rings is 1. The summed E-state index contributed by atoms with van der Waals surface area (Å²) < 4.78 is 18.6. The summed E-state index contributed by atoms with van der Waals surface area (Å²) in [5.41, 5.74) is 1.91. The van der Waals surface area contributed by atoms with E-state index in [1.807, 2.05) is 4.90 Å². The second-order valence-electron chi connectivity index (χ2n) is 5.73. The lowest BCUT2D eigenvalue weighted by Crippen LogP contribution is -2.38. The van der Waals surface area contributed by atoms with Gasteiger partial charge in [-0.15, -0.1) is 11.3 Å². The third-order valence-electron chi connectivity index (χ3n) is 4.36. The molecule has 0 N–H and O–H groups in total. The number of rotatable bonds is 4. The SMILES string of the molecule is CCC1c2ccsc2CCN1C(=O)/C=C/c1ccc(OC)c(F)c1. The number of hydrogen-bond acceptors (Lipinski definition) is 3. The van der Waals surface area contributed by atoms with Crippen LogP contribution in [0.5, 0.6) is 5.75 Å². The molecule has 1 atom stereocenters. The van der Waals surface area contributed by atoms with Gasteiger partial charge in [0.2, 0.25) is 5.91 Å². The van der Waals surface area contributed by atoms with Gasteiger partial charge in [-0.2, -0.15) is 0 Å². The zero-order chi connectivity index (χ0) is 17.1. The Hall–Kier alpha value is -2.14. The molecular weight excluding hydrogens is 325 g/mol. The number of halogens is 1. The molecule has 1 unspecified atom stereocenters. The summed E-state index contributed by atoms with van der Waals surface area (Å²) in [5, 5.41) is 2.09. The van der Waals surface area contributed by atoms with Crippen LogP contribution >= 0.6 is 11.3 Å². The highest BCUT2D eigenvalue weighted by atomic mass is 32.1. The van der Waals surface area contributed by atoms with Crippen molar-refractivity contribution < 1.29 is 13.9 Å². The molecule has 2 aromatic rings. The van der Waals surface area contributed by atoms with Gasteiger partial charge in [0.15, 0.2) is 11.6 Å². The molecule has 3 rings (SSSR count). The van der Waals surface area contributed by atoms with Crippen LogP contribution in [0.2, 0.25) is 0 Å². The third kappa shape index (κ3) is 3.22. The molecule has 0 bridgehead atoms. The van der Waals surface area contributed by atoms with E-state index in [2.05, 4.69) is 18.4 Å². The summed E-state index contributed by atoms with van der Waals surface area (Å²) in [4.78, 5) is 15.9. The second-order valence-corrected chi connectivity index (χ2v) is 6.73. The maximum Gasteiger partial charge on any atom is 0.247 e. The van der Waals surface area contributed by atoms with Crippen LogP contribution in [0.25, 0.3) is 6.08 Å². The fraction of sp³-hybridized carbons (Fsp3) is 0.316. The molecule has 0 spiro atoms. The first-order valence-corrected chi connectivity index (χ1v) is 8.90. The number of nitrogens with zero attached hydrogens (tertiary/aromatic N) is 1. The molecule has 1 amide bonds. The summed E-state index contributed by atoms with van der Waals surface area (Å²) in [6, 6.07) is 6.91. The van der Waals surface area contributed by atoms with Gasteiger partial charge in [0, 0.05) is 17.5 Å². The Morgan fingerprint density at radius 1 is 1.46 bits per heavy atom. The van der Waals surface area contributed by atoms with Crippen LogP contribution in [-0.4, -0.2) is 24.5 Å². The minimum atomic E-state index is -0.431. The quantitative estimate of drug-likeness (QED) is 0.767. The molecule has 3 nitrogen and oxygen atoms in total. The van der Waals surface area contributed by atoms with Crippen LogP contribution < -0.4 is 4.74 Å². The molecule has 1 aliphatic rings. The lowest BCUT2D eigenvalue weighted by molar-refractivity contribution is -0.128. The molecular formula is C19H20FNO2S. The van der Waals surface area contributed by atoms with Crippen molar-refractivity contribution in [3.63, 3.8) is 0 Å². The summed E-state index contributed by atoms with van der Waals surface area (Å²) in [5.74, 6) is -0.264. The number of carbonyl (C=O) groups excluding carboxylic acids is 1. The zero-order valence-corrected chi connectivity index (χ0v) is 14.6. The predicted molar refractivity (Wildman–Crippen MR) is 94.8 cm³/mol. The van der Waals surface area contributed by atoms with E-state index in [-0.39, 0.29) is 17.7 Å². The van der Waals surface area contributed by atoms with Crippen LogP contribution in [0.4, 0.5) is 4.39 Å². The van der Waals surface area contributed by atoms with Crippen LogP contribution in [0.1, 0.15) is 35.4 Å². The van der Waals surface area contributed by atoms with Crippen LogP contribution in [-0.2, 0) is 11.2 Å². The van der Waals surface area contributed by atoms with Gasteiger partial charge in [-0.25, -0.2) is 4.39 Å². The molecule has 126 valence electrons. The van der Waals surface area contributed by atoms with E-state index in [0.29, 0.717) is 5.56 Å². The lowest BCUT2D eigenvalue weighted by Gasteiger charge is -2.34. The van der Waals surface area contributed by atoms with Crippen LogP contribution in [0.15, 0.2) is 35.7 Å². The van der Waals surface area contributed by atoms with Crippen molar-refractivity contribution in [1.82, 2.24) is 4.90 Å². The molecule has 0 aliphatic carbocycles. The van der Waals surface area contributed by atoms with E-state index < -0.39 is 5.82 Å². The van der Waals surface area contributed by atoms with Crippen molar-refractivity contribution in [3.8, 4) is 5.75 Å². The van der Waals surface area contributed by atoms with Crippen molar-refractivity contribution in [2.24, 2.45) is 0 Å². The fourth-order valence-corrected chi connectivity index (χ4v) is 4.08. The second kappa shape index (κ2) is 7.18. The van der Waals surface area contributed by atoms with Gasteiger partial charge >= 0.3 is 0 Å². The summed E-state index contributed by atoms with van der Waals surface area (Å²) in [6.45, 7) is 2.83. The molecule has 2 heterocycles. The smallest absolute Gasteiger partial charge is 0.247 e. The number of benzene rings is 1. The minimum Gasteiger partial charge on any atom is -0.494 e. The number of amides is 1. The Kier molecular flexibility index (Phi) is 5.00. The number of carbonyl (C=O) groups is 1. The standard InChI is InChI=1S/C19H20FNO2S/c1-3-16-14-9-11-24-18(14)8-10-21(16)19(22)7-5-13-4-6-17(23-2)15(20)12-13/h4-7,9,11-12,16H,3,8,10H2,1-2H3/b7-5+. The Labute approximate surface area is 145 Å². The van der Waals surface area contributed by atoms with E-state index in [9.17, 15) is 9.18 Å². The van der Waals surface area contributed by atoms with E-state index in [1.165, 1.54) is 29.7 Å². The summed E-state index contributed by atoms with van der Waals surface area (Å²) >= 11 is 1.76. The molecule has 5 heteroatoms. The zero-order valence-electron chi connectivity index (χ0n) is 13.8. The van der Waals surface area contributed by atoms with E-state index in [0.717, 1.165) is 19.4 Å². The average molecular weight is 345 g/mol. The summed E-state index contributed by atoms with van der Waals surface area (Å²) in [7, 11) is 1.43. The van der Waals surface area contributed by atoms with Gasteiger partial charge < -0.3 is 9.64 Å². The van der Waals surface area contributed by atoms with Crippen molar-refractivity contribution in [3.05, 3.63) is 57.5 Å². The van der Waals surface area contributed by atoms with Gasteiger partial charge in [-0.3, -0.25) is 4.79 Å². The molecule has 1 aromatic carbocycles. The van der Waals surface area contributed by atoms with Crippen molar-refractivity contribution in [2.75, 3.05) is 13.7 Å². The first-order chi connectivity index (χ1) is 11.6. The molecule has 0 fully saturated rings. The molecule has 0 saturated heterocycles. The number of hydrogen-bond donors (Lipinski definition) is 0. The molecule has 1 aromatic heterocycles. The predicted octanol–water partition coefficient (Wildman–Crippen LogP) is 4.45. The molecule has 0 radical (unpaired) electrons. The van der Waals surface area contributed by atoms with E-state index in [1.54, 1.807) is 29.5 Å². The Morgan fingerprint density at radius 2 is 2.29 bits per heavy atom. The largest absolute Gasteiger partial charge is 0.494 e. The topological polar surface area (TPSA) is 29.5 Å². The number of methoxy groups -OCH3 is 1. The first-order valence-electron chi connectivity index (χ1n) is 8.02. The highest BCUT2D eigenvalue weighted by molar-refractivity contribution is 7.10. The van der Waals surface area contributed by atoms with Crippen LogP contribution in [0, 0.1) is 5.82 Å². The van der Waals surface area contributed by atoms with E-state index in [4.69, 9.17) is 4.74 Å². The van der Waals surface area contributed by atoms with Crippen molar-refractivity contribution in [2.45, 2.75) is 25.8 Å². The van der Waals surface area contributed by atoms with Crippen molar-refractivity contribution in [1.29, 1.82) is 0 Å². The number of ether oxygens (including phenoxy) is 1. The maximum absolute atomic E-state index is 13.7. The lowest BCUT2D eigenvalue weighted by atomic mass is 9.97. The summed E-state index contributed by atoms with van der Waals surface area (Å²) in [6.07, 6.45) is 4.97. The maximum atomic E-state index is 13.7. The first kappa shape index (κ1) is 16.7. The Balaban J connectivity index is 1.76. The van der Waals surface area contributed by atoms with Gasteiger partial charge in [0.25, 0.3) is 0 Å². The third-order valence-corrected chi connectivity index (χ3v) is 5.36. The monoisotopic (exact) mass is 345 g/mol. The van der Waals surface area contributed by atoms with Gasteiger partial charge in [0.05, 0.1) is 13.2 Å². The Morgan fingerprint density at radius 3 is 3.00 bits per heavy atom. The number of fused-ring (bicyclic) bond motifs is 1. The van der Waals surface area contributed by atoms with Crippen LogP contribution in [0.3, 0.4) is 0 Å². The highest BCUT2D eigenvalue weighted by Crippen LogP contribution is 2.35. The normalized spacial score (nSPS) is 17.1. The molecule has 1 aliphatic heterocycles. The van der Waals surface area contributed by atoms with Gasteiger partial charge in [0.1, 0.15) is 0 Å². The Bertz CT molecular complexity index is 768. The molecule has 24 heavy (non-hydrogen) atoms. The minimum absolute atomic E-state index is 0.0325.